The molecule has 84 valence electrons. The number of hydrogen-bond donors (Lipinski definition) is 1. The van der Waals surface area contributed by atoms with Gasteiger partial charge in [-0.2, -0.15) is 0 Å². The number of para-hydroxylation sites is 1. The number of benzene rings is 1. The highest BCUT2D eigenvalue weighted by molar-refractivity contribution is 7.71. The topological polar surface area (TPSA) is 33.6 Å². The Kier molecular flexibility index (Phi) is 2.30. The number of fused-ring (bicyclic) bond motifs is 1. The fourth-order valence-electron chi connectivity index (χ4n) is 1.92. The van der Waals surface area contributed by atoms with E-state index in [1.165, 1.54) is 0 Å². The van der Waals surface area contributed by atoms with Crippen molar-refractivity contribution in [2.75, 3.05) is 0 Å². The van der Waals surface area contributed by atoms with Gasteiger partial charge >= 0.3 is 0 Å². The van der Waals surface area contributed by atoms with E-state index in [0.717, 1.165) is 22.4 Å². The van der Waals surface area contributed by atoms with Gasteiger partial charge in [0.15, 0.2) is 10.4 Å². The van der Waals surface area contributed by atoms with Crippen molar-refractivity contribution in [1.29, 1.82) is 0 Å². The molecule has 0 aliphatic rings. The highest BCUT2D eigenvalue weighted by Gasteiger charge is 2.06. The van der Waals surface area contributed by atoms with E-state index in [0.29, 0.717) is 4.77 Å². The fourth-order valence-corrected chi connectivity index (χ4v) is 2.22. The summed E-state index contributed by atoms with van der Waals surface area (Å²) >= 11 is 5.35. The molecule has 1 N–H and O–H groups in total. The van der Waals surface area contributed by atoms with E-state index in [4.69, 9.17) is 12.2 Å². The maximum Gasteiger partial charge on any atom is 0.183 e. The zero-order chi connectivity index (χ0) is 11.8. The third-order valence-corrected chi connectivity index (χ3v) is 2.96. The van der Waals surface area contributed by atoms with E-state index < -0.39 is 0 Å². The Hall–Kier alpha value is -1.94. The second kappa shape index (κ2) is 3.82. The predicted molar refractivity (Wildman–Crippen MR) is 71.0 cm³/mol. The first-order valence-corrected chi connectivity index (χ1v) is 5.79. The van der Waals surface area contributed by atoms with Gasteiger partial charge < -0.3 is 4.98 Å². The van der Waals surface area contributed by atoms with Crippen molar-refractivity contribution >= 4 is 23.4 Å². The number of nitrogens with one attached hydrogen (secondary N) is 1. The molecule has 0 aliphatic heterocycles. The second-order valence-electron chi connectivity index (χ2n) is 3.98. The molecule has 3 aromatic rings. The molecular weight excluding hydrogens is 230 g/mol. The Bertz CT molecular complexity index is 725. The summed E-state index contributed by atoms with van der Waals surface area (Å²) in [6.07, 6.45) is 1.85. The number of hydrogen-bond acceptors (Lipinski definition) is 2. The summed E-state index contributed by atoms with van der Waals surface area (Å²) in [5, 5.41) is 0. The van der Waals surface area contributed by atoms with Gasteiger partial charge in [-0.15, -0.1) is 0 Å². The summed E-state index contributed by atoms with van der Waals surface area (Å²) in [7, 11) is 0. The van der Waals surface area contributed by atoms with Crippen LogP contribution >= 0.6 is 12.2 Å². The predicted octanol–water partition coefficient (Wildman–Crippen LogP) is 3.39. The van der Waals surface area contributed by atoms with Gasteiger partial charge in [-0.1, -0.05) is 18.2 Å². The largest absolute Gasteiger partial charge is 0.329 e. The minimum atomic E-state index is 0.671. The van der Waals surface area contributed by atoms with Crippen molar-refractivity contribution in [3.8, 4) is 5.69 Å². The van der Waals surface area contributed by atoms with Crippen molar-refractivity contribution in [1.82, 2.24) is 14.5 Å². The molecule has 0 aliphatic carbocycles. The number of aryl methyl sites for hydroxylation is 1. The molecule has 0 bridgehead atoms. The van der Waals surface area contributed by atoms with E-state index in [1.54, 1.807) is 0 Å². The smallest absolute Gasteiger partial charge is 0.183 e. The number of nitrogens with zero attached hydrogens (tertiary/aromatic N) is 2. The maximum atomic E-state index is 5.35. The number of imidazole rings is 1. The van der Waals surface area contributed by atoms with Crippen molar-refractivity contribution < 1.29 is 0 Å². The van der Waals surface area contributed by atoms with Crippen LogP contribution < -0.4 is 0 Å². The van der Waals surface area contributed by atoms with Gasteiger partial charge in [0, 0.05) is 11.9 Å². The highest BCUT2D eigenvalue weighted by atomic mass is 32.1. The van der Waals surface area contributed by atoms with Crippen LogP contribution in [0.3, 0.4) is 0 Å². The lowest BCUT2D eigenvalue weighted by molar-refractivity contribution is 1.04. The molecule has 3 nitrogen and oxygen atoms in total. The first-order valence-electron chi connectivity index (χ1n) is 5.38. The average Bonchev–Trinajstić information content (AvgIpc) is 2.65. The average molecular weight is 241 g/mol. The van der Waals surface area contributed by atoms with Crippen LogP contribution in [-0.4, -0.2) is 14.5 Å². The van der Waals surface area contributed by atoms with Crippen LogP contribution in [0.5, 0.6) is 0 Å². The maximum absolute atomic E-state index is 5.35. The van der Waals surface area contributed by atoms with Gasteiger partial charge in [-0.3, -0.25) is 4.57 Å². The van der Waals surface area contributed by atoms with Crippen molar-refractivity contribution in [3.63, 3.8) is 0 Å². The Labute approximate surface area is 104 Å². The molecular formula is C13H11N3S. The molecule has 3 rings (SSSR count). The molecule has 0 saturated carbocycles. The first kappa shape index (κ1) is 10.2. The molecule has 17 heavy (non-hydrogen) atoms. The van der Waals surface area contributed by atoms with Gasteiger partial charge in [0.05, 0.1) is 5.52 Å². The van der Waals surface area contributed by atoms with E-state index >= 15 is 0 Å². The SMILES string of the molecule is Cc1cnc2c(c1)[nH]c(=S)n2-c1ccccc1. The number of pyridine rings is 1. The van der Waals surface area contributed by atoms with Gasteiger partial charge in [-0.05, 0) is 42.9 Å². The van der Waals surface area contributed by atoms with Gasteiger partial charge in [0.2, 0.25) is 0 Å². The molecule has 1 aromatic carbocycles. The molecule has 2 aromatic heterocycles. The third-order valence-electron chi connectivity index (χ3n) is 2.67. The van der Waals surface area contributed by atoms with Crippen LogP contribution in [0.1, 0.15) is 5.56 Å². The standard InChI is InChI=1S/C13H11N3S/c1-9-7-11-12(14-8-9)16(13(17)15-11)10-5-3-2-4-6-10/h2-8H,1H3,(H,15,17). The van der Waals surface area contributed by atoms with Crippen molar-refractivity contribution in [3.05, 3.63) is 52.9 Å². The molecule has 4 heteroatoms. The summed E-state index contributed by atoms with van der Waals surface area (Å²) in [6, 6.07) is 12.1. The molecule has 0 spiro atoms. The summed E-state index contributed by atoms with van der Waals surface area (Å²) in [6.45, 7) is 2.02. The van der Waals surface area contributed by atoms with Crippen LogP contribution in [0.25, 0.3) is 16.9 Å². The van der Waals surface area contributed by atoms with Crippen molar-refractivity contribution in [2.45, 2.75) is 6.92 Å². The van der Waals surface area contributed by atoms with Gasteiger partial charge in [0.25, 0.3) is 0 Å². The Balaban J connectivity index is 2.37. The van der Waals surface area contributed by atoms with Crippen LogP contribution in [0.15, 0.2) is 42.6 Å². The zero-order valence-electron chi connectivity index (χ0n) is 9.34. The Morgan fingerprint density at radius 3 is 2.76 bits per heavy atom. The highest BCUT2D eigenvalue weighted by Crippen LogP contribution is 2.17. The van der Waals surface area contributed by atoms with E-state index in [2.05, 4.69) is 16.0 Å². The number of H-pyrrole nitrogens is 1. The normalized spacial score (nSPS) is 10.9. The molecule has 0 atom stereocenters. The Morgan fingerprint density at radius 1 is 1.24 bits per heavy atom. The Morgan fingerprint density at radius 2 is 2.00 bits per heavy atom. The van der Waals surface area contributed by atoms with Crippen molar-refractivity contribution in [2.24, 2.45) is 0 Å². The van der Waals surface area contributed by atoms with Crippen LogP contribution in [-0.2, 0) is 0 Å². The first-order chi connectivity index (χ1) is 8.25. The minimum absolute atomic E-state index is 0.671. The van der Waals surface area contributed by atoms with E-state index in [9.17, 15) is 0 Å². The minimum Gasteiger partial charge on any atom is -0.329 e. The summed E-state index contributed by atoms with van der Waals surface area (Å²) < 4.78 is 2.62. The van der Waals surface area contributed by atoms with E-state index in [-0.39, 0.29) is 0 Å². The van der Waals surface area contributed by atoms with Gasteiger partial charge in [-0.25, -0.2) is 4.98 Å². The lowest BCUT2D eigenvalue weighted by atomic mass is 10.3. The third kappa shape index (κ3) is 1.66. The summed E-state index contributed by atoms with van der Waals surface area (Å²) in [5.41, 5.74) is 3.99. The number of aromatic nitrogens is 3. The monoisotopic (exact) mass is 241 g/mol. The molecule has 0 unspecified atom stereocenters. The lowest BCUT2D eigenvalue weighted by Crippen LogP contribution is -1.94. The quantitative estimate of drug-likeness (QED) is 0.662. The van der Waals surface area contributed by atoms with Crippen LogP contribution in [0, 0.1) is 11.7 Å². The van der Waals surface area contributed by atoms with Gasteiger partial charge in [0.1, 0.15) is 0 Å². The zero-order valence-corrected chi connectivity index (χ0v) is 10.2. The van der Waals surface area contributed by atoms with Crippen LogP contribution in [0.4, 0.5) is 0 Å². The van der Waals surface area contributed by atoms with Crippen LogP contribution in [0.2, 0.25) is 0 Å². The summed E-state index contributed by atoms with van der Waals surface area (Å²) in [4.78, 5) is 7.62. The fraction of sp³-hybridized carbons (Fsp3) is 0.0769. The molecule has 0 radical (unpaired) electrons. The summed E-state index contributed by atoms with van der Waals surface area (Å²) in [5.74, 6) is 0. The molecule has 0 saturated heterocycles. The molecule has 2 heterocycles. The second-order valence-corrected chi connectivity index (χ2v) is 4.37. The lowest BCUT2D eigenvalue weighted by Gasteiger charge is -2.02. The number of rotatable bonds is 1. The number of aromatic amines is 1. The van der Waals surface area contributed by atoms with E-state index in [1.807, 2.05) is 48.0 Å². The molecule has 0 fully saturated rings. The molecule has 0 amide bonds.